The number of hydrogen-bond donors (Lipinski definition) is 0. The first kappa shape index (κ1) is 21.9. The van der Waals surface area contributed by atoms with Crippen molar-refractivity contribution in [1.29, 1.82) is 5.26 Å². The maximum absolute atomic E-state index is 13.5. The monoisotopic (exact) mass is 461 g/mol. The Morgan fingerprint density at radius 2 is 1.47 bits per heavy atom. The van der Waals surface area contributed by atoms with E-state index in [1.807, 2.05) is 77.7 Å². The van der Waals surface area contributed by atoms with Crippen molar-refractivity contribution in [2.45, 2.75) is 24.3 Å². The third-order valence-electron chi connectivity index (χ3n) is 5.98. The van der Waals surface area contributed by atoms with Crippen LogP contribution in [0, 0.1) is 11.3 Å². The molecule has 5 rings (SSSR count). The fraction of sp³-hybridized carbons (Fsp3) is 0.138. The second kappa shape index (κ2) is 9.94. The van der Waals surface area contributed by atoms with Gasteiger partial charge < -0.3 is 0 Å². The molecule has 0 saturated heterocycles. The van der Waals surface area contributed by atoms with E-state index in [1.165, 1.54) is 22.9 Å². The molecule has 3 aromatic carbocycles. The van der Waals surface area contributed by atoms with Crippen LogP contribution in [0.25, 0.3) is 11.3 Å². The number of pyridine rings is 1. The smallest absolute Gasteiger partial charge is 0.232 e. The summed E-state index contributed by atoms with van der Waals surface area (Å²) in [6.45, 7) is 0. The average Bonchev–Trinajstić information content (AvgIpc) is 3.06. The number of para-hydroxylation sites is 2. The summed E-state index contributed by atoms with van der Waals surface area (Å²) in [5, 5.41) is 10.2. The zero-order chi connectivity index (χ0) is 23.3. The predicted molar refractivity (Wildman–Crippen MR) is 137 cm³/mol. The van der Waals surface area contributed by atoms with E-state index in [9.17, 15) is 10.1 Å². The molecule has 0 bridgehead atoms. The third kappa shape index (κ3) is 4.46. The summed E-state index contributed by atoms with van der Waals surface area (Å²) < 4.78 is 0. The molecule has 0 fully saturated rings. The molecule has 5 heteroatoms. The first-order valence-electron chi connectivity index (χ1n) is 11.3. The molecular formula is C29H23N3OS. The number of benzene rings is 3. The SMILES string of the molecule is N#Cc1ccc(-c2ccccc2)nc1SCCC(=O)N1c2ccccc2CCc2ccccc21. The van der Waals surface area contributed by atoms with Crippen LogP contribution in [0.3, 0.4) is 0 Å². The van der Waals surface area contributed by atoms with E-state index < -0.39 is 0 Å². The lowest BCUT2D eigenvalue weighted by atomic mass is 10.0. The van der Waals surface area contributed by atoms with E-state index >= 15 is 0 Å². The number of fused-ring (bicyclic) bond motifs is 2. The van der Waals surface area contributed by atoms with Crippen molar-refractivity contribution < 1.29 is 4.79 Å². The lowest BCUT2D eigenvalue weighted by Crippen LogP contribution is -2.27. The minimum Gasteiger partial charge on any atom is -0.280 e. The summed E-state index contributed by atoms with van der Waals surface area (Å²) in [5.41, 5.74) is 6.65. The van der Waals surface area contributed by atoms with Crippen LogP contribution in [0.1, 0.15) is 23.1 Å². The van der Waals surface area contributed by atoms with E-state index in [1.54, 1.807) is 6.07 Å². The van der Waals surface area contributed by atoms with Gasteiger partial charge in [0.05, 0.1) is 22.6 Å². The number of hydrogen-bond acceptors (Lipinski definition) is 4. The highest BCUT2D eigenvalue weighted by Crippen LogP contribution is 2.37. The lowest BCUT2D eigenvalue weighted by Gasteiger charge is -2.25. The van der Waals surface area contributed by atoms with Gasteiger partial charge in [0, 0.05) is 17.7 Å². The molecule has 0 saturated carbocycles. The van der Waals surface area contributed by atoms with Crippen LogP contribution in [-0.4, -0.2) is 16.6 Å². The number of rotatable bonds is 5. The van der Waals surface area contributed by atoms with Crippen LogP contribution in [-0.2, 0) is 17.6 Å². The highest BCUT2D eigenvalue weighted by atomic mass is 32.2. The molecule has 4 nitrogen and oxygen atoms in total. The van der Waals surface area contributed by atoms with Gasteiger partial charge in [0.25, 0.3) is 0 Å². The molecule has 1 aromatic heterocycles. The zero-order valence-corrected chi connectivity index (χ0v) is 19.5. The molecule has 1 amide bonds. The van der Waals surface area contributed by atoms with Crippen molar-refractivity contribution in [2.24, 2.45) is 0 Å². The Morgan fingerprint density at radius 1 is 0.853 bits per heavy atom. The van der Waals surface area contributed by atoms with Crippen LogP contribution in [0.4, 0.5) is 11.4 Å². The van der Waals surface area contributed by atoms with Crippen LogP contribution >= 0.6 is 11.8 Å². The summed E-state index contributed by atoms with van der Waals surface area (Å²) in [5.74, 6) is 0.589. The van der Waals surface area contributed by atoms with Crippen LogP contribution in [0.5, 0.6) is 0 Å². The van der Waals surface area contributed by atoms with Crippen LogP contribution in [0.2, 0.25) is 0 Å². The maximum atomic E-state index is 13.5. The highest BCUT2D eigenvalue weighted by Gasteiger charge is 2.25. The van der Waals surface area contributed by atoms with E-state index in [0.717, 1.165) is 35.5 Å². The van der Waals surface area contributed by atoms with Gasteiger partial charge in [0.1, 0.15) is 11.1 Å². The maximum Gasteiger partial charge on any atom is 0.232 e. The van der Waals surface area contributed by atoms with Crippen LogP contribution in [0.15, 0.2) is 96.0 Å². The second-order valence-corrected chi connectivity index (χ2v) is 9.20. The van der Waals surface area contributed by atoms with E-state index in [-0.39, 0.29) is 5.91 Å². The normalized spacial score (nSPS) is 12.3. The van der Waals surface area contributed by atoms with E-state index in [4.69, 9.17) is 4.98 Å². The summed E-state index contributed by atoms with van der Waals surface area (Å²) in [4.78, 5) is 20.1. The molecule has 166 valence electrons. The predicted octanol–water partition coefficient (Wildman–Crippen LogP) is 6.57. The Balaban J connectivity index is 1.37. The van der Waals surface area contributed by atoms with Gasteiger partial charge in [-0.3, -0.25) is 9.69 Å². The van der Waals surface area contributed by atoms with Crippen molar-refractivity contribution in [3.8, 4) is 17.3 Å². The van der Waals surface area contributed by atoms with Crippen molar-refractivity contribution in [1.82, 2.24) is 4.98 Å². The topological polar surface area (TPSA) is 57.0 Å². The first-order valence-corrected chi connectivity index (χ1v) is 12.3. The van der Waals surface area contributed by atoms with Gasteiger partial charge in [-0.2, -0.15) is 5.26 Å². The van der Waals surface area contributed by atoms with E-state index in [0.29, 0.717) is 22.8 Å². The van der Waals surface area contributed by atoms with Crippen LogP contribution < -0.4 is 4.90 Å². The van der Waals surface area contributed by atoms with Crippen molar-refractivity contribution >= 4 is 29.0 Å². The molecule has 2 heterocycles. The highest BCUT2D eigenvalue weighted by molar-refractivity contribution is 7.99. The van der Waals surface area contributed by atoms with Gasteiger partial charge >= 0.3 is 0 Å². The van der Waals surface area contributed by atoms with Crippen molar-refractivity contribution in [3.05, 3.63) is 108 Å². The molecule has 0 atom stereocenters. The van der Waals surface area contributed by atoms with Gasteiger partial charge in [-0.1, -0.05) is 66.7 Å². The summed E-state index contributed by atoms with van der Waals surface area (Å²) >= 11 is 1.46. The zero-order valence-electron chi connectivity index (χ0n) is 18.6. The fourth-order valence-electron chi connectivity index (χ4n) is 4.30. The van der Waals surface area contributed by atoms with Gasteiger partial charge in [0.2, 0.25) is 5.91 Å². The number of anilines is 2. The number of aryl methyl sites for hydroxylation is 2. The van der Waals surface area contributed by atoms with Gasteiger partial charge in [-0.05, 0) is 48.2 Å². The number of aromatic nitrogens is 1. The fourth-order valence-corrected chi connectivity index (χ4v) is 5.20. The molecule has 34 heavy (non-hydrogen) atoms. The first-order chi connectivity index (χ1) is 16.7. The summed E-state index contributed by atoms with van der Waals surface area (Å²) in [6.07, 6.45) is 2.16. The minimum atomic E-state index is 0.0482. The molecule has 0 aliphatic carbocycles. The largest absolute Gasteiger partial charge is 0.280 e. The number of thioether (sulfide) groups is 1. The number of carbonyl (C=O) groups excluding carboxylic acids is 1. The molecule has 0 spiro atoms. The molecule has 0 radical (unpaired) electrons. The standard InChI is InChI=1S/C29H23N3OS/c30-20-24-16-17-25(21-8-2-1-3-9-21)31-29(24)34-19-18-28(33)32-26-12-6-4-10-22(26)14-15-23-11-5-7-13-27(23)32/h1-13,16-17H,14-15,18-19H2. The van der Waals surface area contributed by atoms with Gasteiger partial charge in [0.15, 0.2) is 0 Å². The second-order valence-electron chi connectivity index (χ2n) is 8.11. The molecule has 0 N–H and O–H groups in total. The molecule has 0 unspecified atom stereocenters. The minimum absolute atomic E-state index is 0.0482. The lowest BCUT2D eigenvalue weighted by molar-refractivity contribution is -0.117. The van der Waals surface area contributed by atoms with Crippen molar-refractivity contribution in [2.75, 3.05) is 10.7 Å². The van der Waals surface area contributed by atoms with Gasteiger partial charge in [-0.25, -0.2) is 4.98 Å². The Morgan fingerprint density at radius 3 is 2.12 bits per heavy atom. The molecule has 4 aromatic rings. The number of carbonyl (C=O) groups is 1. The summed E-state index contributed by atoms with van der Waals surface area (Å²) in [6, 6.07) is 32.1. The Labute approximate surface area is 203 Å². The Kier molecular flexibility index (Phi) is 6.42. The molecule has 1 aliphatic rings. The average molecular weight is 462 g/mol. The third-order valence-corrected chi connectivity index (χ3v) is 6.98. The van der Waals surface area contributed by atoms with E-state index in [2.05, 4.69) is 18.2 Å². The van der Waals surface area contributed by atoms with Crippen molar-refractivity contribution in [3.63, 3.8) is 0 Å². The number of amides is 1. The summed E-state index contributed by atoms with van der Waals surface area (Å²) in [7, 11) is 0. The quantitative estimate of drug-likeness (QED) is 0.316. The van der Waals surface area contributed by atoms with Gasteiger partial charge in [-0.15, -0.1) is 11.8 Å². The number of nitrogens with zero attached hydrogens (tertiary/aromatic N) is 3. The Bertz CT molecular complexity index is 1330. The number of nitriles is 1. The molecular weight excluding hydrogens is 438 g/mol. The Hall–Kier alpha value is -3.88. The molecule has 1 aliphatic heterocycles.